The molecular formula is C31H28Cl4N9+. The van der Waals surface area contributed by atoms with Gasteiger partial charge in [0.25, 0.3) is 11.3 Å². The molecule has 2 aromatic carbocycles. The van der Waals surface area contributed by atoms with Crippen molar-refractivity contribution in [3.63, 3.8) is 0 Å². The van der Waals surface area contributed by atoms with Crippen LogP contribution >= 0.6 is 35.6 Å². The van der Waals surface area contributed by atoms with Crippen LogP contribution in [0.15, 0.2) is 113 Å². The maximum atomic E-state index is 6.14. The average Bonchev–Trinajstić information content (AvgIpc) is 3.49. The number of nitrogens with two attached hydrogens (primary N) is 1. The van der Waals surface area contributed by atoms with Crippen LogP contribution in [0.5, 0.6) is 0 Å². The third-order valence-electron chi connectivity index (χ3n) is 6.95. The molecule has 0 aliphatic heterocycles. The lowest BCUT2D eigenvalue weighted by atomic mass is 10.1. The van der Waals surface area contributed by atoms with Gasteiger partial charge in [-0.25, -0.2) is 23.4 Å². The van der Waals surface area contributed by atoms with Crippen molar-refractivity contribution in [2.45, 2.75) is 0 Å². The third kappa shape index (κ3) is 6.87. The van der Waals surface area contributed by atoms with E-state index in [1.807, 2.05) is 108 Å². The Balaban J connectivity index is 0.00000221. The molecule has 6 rings (SSSR count). The number of hydrogen-bond donors (Lipinski definition) is 2. The van der Waals surface area contributed by atoms with Gasteiger partial charge >= 0.3 is 0 Å². The monoisotopic (exact) mass is 666 g/mol. The smallest absolute Gasteiger partial charge is 0.286 e. The summed E-state index contributed by atoms with van der Waals surface area (Å²) in [6.07, 6.45) is 11.2. The van der Waals surface area contributed by atoms with Crippen LogP contribution in [-0.4, -0.2) is 27.5 Å². The average molecular weight is 668 g/mol. The number of rotatable bonds is 6. The number of pyridine rings is 2. The Morgan fingerprint density at radius 3 is 1.64 bits per heavy atom. The quantitative estimate of drug-likeness (QED) is 0.123. The van der Waals surface area contributed by atoms with E-state index in [0.717, 1.165) is 44.9 Å². The van der Waals surface area contributed by atoms with Crippen LogP contribution < -0.4 is 32.4 Å². The Bertz CT molecular complexity index is 2010. The van der Waals surface area contributed by atoms with Crippen molar-refractivity contribution in [2.75, 3.05) is 0 Å². The number of halogens is 4. The van der Waals surface area contributed by atoms with Gasteiger partial charge in [0, 0.05) is 23.3 Å². The highest BCUT2D eigenvalue weighted by Gasteiger charge is 2.17. The van der Waals surface area contributed by atoms with Gasteiger partial charge in [0.15, 0.2) is 11.4 Å². The van der Waals surface area contributed by atoms with Crippen molar-refractivity contribution in [1.29, 1.82) is 0 Å². The lowest BCUT2D eigenvalue weighted by molar-refractivity contribution is -0.510. The van der Waals surface area contributed by atoms with E-state index >= 15 is 0 Å². The van der Waals surface area contributed by atoms with Gasteiger partial charge in [-0.3, -0.25) is 0 Å². The van der Waals surface area contributed by atoms with Crippen LogP contribution in [0.3, 0.4) is 0 Å². The minimum absolute atomic E-state index is 0. The highest BCUT2D eigenvalue weighted by molar-refractivity contribution is 6.30. The van der Waals surface area contributed by atoms with E-state index in [9.17, 15) is 0 Å². The van der Waals surface area contributed by atoms with Crippen LogP contribution in [0.25, 0.3) is 33.8 Å². The number of hydrazone groups is 1. The molecule has 0 aliphatic rings. The number of nitrogens with zero attached hydrogens (tertiary/aromatic N) is 7. The lowest BCUT2D eigenvalue weighted by Gasteiger charge is -2.00. The molecule has 4 heterocycles. The molecule has 0 saturated carbocycles. The zero-order valence-corrected chi connectivity index (χ0v) is 26.7. The molecule has 13 heteroatoms. The largest absolute Gasteiger partial charge is 1.00 e. The number of nitrogens with one attached hydrogen (secondary N) is 1. The maximum absolute atomic E-state index is 6.14. The standard InChI is InChI=1S/C31H27Cl2N9.2ClH/c1-39-27(19-41-17-25(32)11-13-29(39)41)23-7-3-21(4-8-23)15-35-37-31(34)38-36-16-22-5-9-24(10-6-22)28-20-42-18-26(33)12-14-30(42)40(28)2;;/h3-20H,1-2H3,(H3,34,37,38);2*1H/q+2;;/p-1. The van der Waals surface area contributed by atoms with E-state index in [4.69, 9.17) is 28.9 Å². The molecule has 0 spiro atoms. The van der Waals surface area contributed by atoms with Crippen molar-refractivity contribution in [3.05, 3.63) is 119 Å². The second-order valence-corrected chi connectivity index (χ2v) is 10.6. The first-order valence-corrected chi connectivity index (χ1v) is 13.8. The fraction of sp³-hybridized carbons (Fsp3) is 0.0645. The normalized spacial score (nSPS) is 11.8. The zero-order valence-electron chi connectivity index (χ0n) is 23.6. The van der Waals surface area contributed by atoms with E-state index < -0.39 is 0 Å². The molecule has 0 unspecified atom stereocenters. The molecule has 3 N–H and O–H groups in total. The Morgan fingerprint density at radius 2 is 1.16 bits per heavy atom. The number of aromatic nitrogens is 4. The van der Waals surface area contributed by atoms with E-state index in [-0.39, 0.29) is 30.8 Å². The number of aryl methyl sites for hydroxylation is 2. The summed E-state index contributed by atoms with van der Waals surface area (Å²) in [5, 5.41) is 13.6. The second-order valence-electron chi connectivity index (χ2n) is 9.72. The molecule has 0 bridgehead atoms. The Morgan fingerprint density at radius 1 is 0.705 bits per heavy atom. The molecule has 6 aromatic rings. The zero-order chi connectivity index (χ0) is 29.2. The van der Waals surface area contributed by atoms with E-state index in [2.05, 4.69) is 42.3 Å². The minimum Gasteiger partial charge on any atom is -1.00 e. The van der Waals surface area contributed by atoms with Gasteiger partial charge in [0.1, 0.15) is 24.8 Å². The Labute approximate surface area is 276 Å². The lowest BCUT2D eigenvalue weighted by Crippen LogP contribution is -3.00. The fourth-order valence-electron chi connectivity index (χ4n) is 4.79. The SMILES string of the molecule is Cl.Cn1c(-c2ccc(C=NN=C(N)NN=Cc3ccc(-c4c[n+]5cc(Cl)ccc5n4C)cc3)cc2)c[n+]2cc(Cl)ccc12.[Cl-]. The second kappa shape index (κ2) is 13.9. The van der Waals surface area contributed by atoms with Gasteiger partial charge in [-0.05, 0) is 47.5 Å². The van der Waals surface area contributed by atoms with Gasteiger partial charge in [0.05, 0.1) is 36.6 Å². The first-order valence-electron chi connectivity index (χ1n) is 13.0. The molecule has 0 amide bonds. The highest BCUT2D eigenvalue weighted by atomic mass is 35.5. The van der Waals surface area contributed by atoms with Gasteiger partial charge in [0.2, 0.25) is 5.96 Å². The number of imidazole rings is 2. The topological polar surface area (TPSA) is 93.2 Å². The minimum atomic E-state index is 0. The van der Waals surface area contributed by atoms with Crippen LogP contribution in [0, 0.1) is 0 Å². The molecule has 9 nitrogen and oxygen atoms in total. The van der Waals surface area contributed by atoms with Crippen molar-refractivity contribution < 1.29 is 21.2 Å². The molecule has 0 saturated heterocycles. The number of fused-ring (bicyclic) bond motifs is 2. The first kappa shape index (κ1) is 32.5. The third-order valence-corrected chi connectivity index (χ3v) is 7.39. The van der Waals surface area contributed by atoms with E-state index in [0.29, 0.717) is 10.0 Å². The summed E-state index contributed by atoms with van der Waals surface area (Å²) in [5.74, 6) is 0.0770. The molecule has 0 radical (unpaired) electrons. The van der Waals surface area contributed by atoms with Gasteiger partial charge < -0.3 is 18.1 Å². The predicted molar refractivity (Wildman–Crippen MR) is 175 cm³/mol. The fourth-order valence-corrected chi connectivity index (χ4v) is 5.13. The van der Waals surface area contributed by atoms with Gasteiger partial charge in [-0.1, -0.05) is 47.5 Å². The molecule has 0 atom stereocenters. The first-order chi connectivity index (χ1) is 20.4. The van der Waals surface area contributed by atoms with Crippen molar-refractivity contribution in [1.82, 2.24) is 14.6 Å². The van der Waals surface area contributed by atoms with Gasteiger partial charge in [-0.2, -0.15) is 10.2 Å². The maximum Gasteiger partial charge on any atom is 0.286 e. The summed E-state index contributed by atoms with van der Waals surface area (Å²) in [5.41, 5.74) is 16.8. The summed E-state index contributed by atoms with van der Waals surface area (Å²) >= 11 is 12.3. The van der Waals surface area contributed by atoms with Gasteiger partial charge in [-0.15, -0.1) is 17.5 Å². The summed E-state index contributed by atoms with van der Waals surface area (Å²) in [6.45, 7) is 0. The summed E-state index contributed by atoms with van der Waals surface area (Å²) in [7, 11) is 4.05. The van der Waals surface area contributed by atoms with Crippen LogP contribution in [-0.2, 0) is 14.1 Å². The van der Waals surface area contributed by atoms with E-state index in [1.165, 1.54) is 0 Å². The molecule has 0 fully saturated rings. The van der Waals surface area contributed by atoms with Crippen LogP contribution in [0.1, 0.15) is 11.1 Å². The summed E-state index contributed by atoms with van der Waals surface area (Å²) < 4.78 is 8.26. The van der Waals surface area contributed by atoms with Crippen molar-refractivity contribution in [3.8, 4) is 22.5 Å². The van der Waals surface area contributed by atoms with Crippen molar-refractivity contribution >= 4 is 65.3 Å². The number of hydrogen-bond acceptors (Lipinski definition) is 3. The van der Waals surface area contributed by atoms with E-state index in [1.54, 1.807) is 12.4 Å². The molecule has 4 aromatic heterocycles. The molecule has 224 valence electrons. The molecular weight excluding hydrogens is 640 g/mol. The van der Waals surface area contributed by atoms with Crippen LogP contribution in [0.4, 0.5) is 0 Å². The molecule has 44 heavy (non-hydrogen) atoms. The summed E-state index contributed by atoms with van der Waals surface area (Å²) in [6, 6.07) is 23.8. The Kier molecular flexibility index (Phi) is 10.3. The summed E-state index contributed by atoms with van der Waals surface area (Å²) in [4.78, 5) is 0. The van der Waals surface area contributed by atoms with Crippen LogP contribution in [0.2, 0.25) is 10.0 Å². The number of guanidine groups is 1. The van der Waals surface area contributed by atoms with Crippen molar-refractivity contribution in [2.24, 2.45) is 35.1 Å². The Hall–Kier alpha value is -4.41. The predicted octanol–water partition coefficient (Wildman–Crippen LogP) is 2.18. The highest BCUT2D eigenvalue weighted by Crippen LogP contribution is 2.22. The molecule has 0 aliphatic carbocycles. The number of benzene rings is 2.